The van der Waals surface area contributed by atoms with Gasteiger partial charge in [0.25, 0.3) is 5.69 Å². The minimum absolute atomic E-state index is 0.138. The van der Waals surface area contributed by atoms with Gasteiger partial charge in [0.15, 0.2) is 0 Å². The number of nitrogens with two attached hydrogens (primary N) is 1. The quantitative estimate of drug-likeness (QED) is 0.158. The van der Waals surface area contributed by atoms with Gasteiger partial charge in [-0.3, -0.25) is 33.9 Å². The summed E-state index contributed by atoms with van der Waals surface area (Å²) in [6.07, 6.45) is 0. The monoisotopic (exact) mass is 681 g/mol. The first-order chi connectivity index (χ1) is 21.9. The average molecular weight is 682 g/mol. The third-order valence-electron chi connectivity index (χ3n) is 7.61. The number of nitrogens with zero attached hydrogens (tertiary/aromatic N) is 3. The zero-order valence-corrected chi connectivity index (χ0v) is 26.1. The highest BCUT2D eigenvalue weighted by atomic mass is 32.2. The first-order valence-corrected chi connectivity index (χ1v) is 16.7. The molecule has 4 aromatic rings. The van der Waals surface area contributed by atoms with E-state index in [2.05, 4.69) is 5.32 Å². The van der Waals surface area contributed by atoms with E-state index in [0.717, 1.165) is 28.0 Å². The van der Waals surface area contributed by atoms with E-state index < -0.39 is 61.2 Å². The maximum absolute atomic E-state index is 14.0. The lowest BCUT2D eigenvalue weighted by molar-refractivity contribution is -0.384. The van der Waals surface area contributed by atoms with E-state index >= 15 is 0 Å². The van der Waals surface area contributed by atoms with Crippen LogP contribution in [0.25, 0.3) is 0 Å². The predicted octanol–water partition coefficient (Wildman–Crippen LogP) is 2.91. The number of sulfonamides is 1. The molecule has 2 aliphatic rings. The molecule has 0 bridgehead atoms. The fourth-order valence-electron chi connectivity index (χ4n) is 5.56. The molecule has 2 unspecified atom stereocenters. The number of fused-ring (bicyclic) bond motifs is 2. The van der Waals surface area contributed by atoms with E-state index in [4.69, 9.17) is 9.88 Å². The zero-order chi connectivity index (χ0) is 32.9. The van der Waals surface area contributed by atoms with Crippen molar-refractivity contribution in [2.24, 2.45) is 11.1 Å². The maximum Gasteiger partial charge on any atom is 0.308 e. The lowest BCUT2D eigenvalue weighted by Gasteiger charge is -2.31. The van der Waals surface area contributed by atoms with Gasteiger partial charge in [0, 0.05) is 34.2 Å². The van der Waals surface area contributed by atoms with Crippen LogP contribution in [-0.4, -0.2) is 48.0 Å². The van der Waals surface area contributed by atoms with Crippen molar-refractivity contribution in [3.63, 3.8) is 0 Å². The third-order valence-corrected chi connectivity index (χ3v) is 11.1. The van der Waals surface area contributed by atoms with Gasteiger partial charge in [0.05, 0.1) is 33.6 Å². The van der Waals surface area contributed by atoms with E-state index in [1.54, 1.807) is 24.3 Å². The molecule has 46 heavy (non-hydrogen) atoms. The molecule has 3 N–H and O–H groups in total. The van der Waals surface area contributed by atoms with Gasteiger partial charge in [-0.25, -0.2) is 18.5 Å². The fraction of sp³-hybridized carbons (Fsp3) is 0.172. The highest BCUT2D eigenvalue weighted by Crippen LogP contribution is 2.55. The molecule has 2 aliphatic heterocycles. The van der Waals surface area contributed by atoms with Crippen molar-refractivity contribution < 1.29 is 32.5 Å². The van der Waals surface area contributed by atoms with Crippen molar-refractivity contribution in [1.29, 1.82) is 0 Å². The first-order valence-electron chi connectivity index (χ1n) is 13.5. The van der Waals surface area contributed by atoms with E-state index in [1.807, 2.05) is 0 Å². The van der Waals surface area contributed by atoms with Gasteiger partial charge >= 0.3 is 4.87 Å². The molecule has 3 atom stereocenters. The van der Waals surface area contributed by atoms with Crippen LogP contribution in [0.3, 0.4) is 0 Å². The Morgan fingerprint density at radius 2 is 1.70 bits per heavy atom. The molecule has 0 radical (unpaired) electrons. The molecule has 0 spiro atoms. The van der Waals surface area contributed by atoms with Gasteiger partial charge < -0.3 is 10.1 Å². The van der Waals surface area contributed by atoms with Crippen LogP contribution in [-0.2, 0) is 31.0 Å². The van der Waals surface area contributed by atoms with Crippen molar-refractivity contribution in [1.82, 2.24) is 4.57 Å². The molecule has 0 aliphatic carbocycles. The Labute approximate surface area is 269 Å². The summed E-state index contributed by atoms with van der Waals surface area (Å²) in [6.45, 7) is -0.432. The van der Waals surface area contributed by atoms with Crippen molar-refractivity contribution in [3.05, 3.63) is 103 Å². The number of non-ortho nitro benzene ring substituents is 1. The Balaban J connectivity index is 1.38. The first kappa shape index (κ1) is 31.2. The number of anilines is 2. The molecule has 0 saturated carbocycles. The van der Waals surface area contributed by atoms with Gasteiger partial charge in [-0.1, -0.05) is 41.3 Å². The largest absolute Gasteiger partial charge is 0.496 e. The number of para-hydroxylation sites is 1. The number of carbonyl (C=O) groups excluding carboxylic acids is 3. The average Bonchev–Trinajstić information content (AvgIpc) is 3.47. The van der Waals surface area contributed by atoms with Crippen molar-refractivity contribution in [3.8, 4) is 5.75 Å². The number of nitro groups is 1. The second kappa shape index (κ2) is 11.8. The smallest absolute Gasteiger partial charge is 0.308 e. The summed E-state index contributed by atoms with van der Waals surface area (Å²) in [4.78, 5) is 65.9. The summed E-state index contributed by atoms with van der Waals surface area (Å²) < 4.78 is 29.9. The molecule has 3 heterocycles. The second-order valence-corrected chi connectivity index (χ2v) is 14.0. The third kappa shape index (κ3) is 5.46. The van der Waals surface area contributed by atoms with Crippen LogP contribution in [0.5, 0.6) is 5.75 Å². The molecule has 1 fully saturated rings. The number of thiazole rings is 1. The molecule has 1 saturated heterocycles. The van der Waals surface area contributed by atoms with Crippen LogP contribution >= 0.6 is 23.1 Å². The number of imide groups is 1. The summed E-state index contributed by atoms with van der Waals surface area (Å²) in [5.74, 6) is -3.00. The van der Waals surface area contributed by atoms with Crippen LogP contribution in [0.1, 0.15) is 16.4 Å². The molecule has 17 heteroatoms. The standard InChI is InChI=1S/C29H23N5O9S3/c1-43-20-5-3-2-4-19(20)22-23-24(27(37)33(26(23)36)16-8-10-17(11-9-16)34(39)40)44-28-25(22)45-29(38)32(28)14-21(35)31-15-6-12-18(13-7-15)46(30,41)42/h2-13,22-24H,14H2,1H3,(H,31,35)(H2,30,41,42)/t22-,23?,24?/m1/s1. The zero-order valence-electron chi connectivity index (χ0n) is 23.7. The minimum atomic E-state index is -3.93. The van der Waals surface area contributed by atoms with E-state index in [0.29, 0.717) is 21.2 Å². The Kier molecular flexibility index (Phi) is 8.01. The molecule has 236 valence electrons. The fourth-order valence-corrected chi connectivity index (χ4v) is 8.84. The summed E-state index contributed by atoms with van der Waals surface area (Å²) >= 11 is 1.87. The Morgan fingerprint density at radius 3 is 2.33 bits per heavy atom. The molecule has 3 aromatic carbocycles. The Bertz CT molecular complexity index is 2080. The summed E-state index contributed by atoms with van der Waals surface area (Å²) in [5, 5.41) is 18.3. The van der Waals surface area contributed by atoms with E-state index in [1.165, 1.54) is 60.2 Å². The SMILES string of the molecule is COc1ccccc1[C@H]1c2sc(=O)n(CC(=O)Nc3ccc(S(N)(=O)=O)cc3)c2SC2C(=O)N(c3ccc([N+](=O)[O-])cc3)C(=O)C21. The lowest BCUT2D eigenvalue weighted by Crippen LogP contribution is -2.33. The normalized spacial score (nSPS) is 19.0. The lowest BCUT2D eigenvalue weighted by atomic mass is 9.82. The van der Waals surface area contributed by atoms with Crippen LogP contribution in [0.15, 0.2) is 87.5 Å². The van der Waals surface area contributed by atoms with Crippen LogP contribution in [0.2, 0.25) is 0 Å². The number of rotatable bonds is 8. The predicted molar refractivity (Wildman–Crippen MR) is 169 cm³/mol. The van der Waals surface area contributed by atoms with Gasteiger partial charge in [0.1, 0.15) is 17.5 Å². The number of ether oxygens (including phenoxy) is 1. The molecule has 1 aromatic heterocycles. The molecule has 14 nitrogen and oxygen atoms in total. The molecule has 6 rings (SSSR count). The number of hydrogen-bond donors (Lipinski definition) is 2. The van der Waals surface area contributed by atoms with Crippen molar-refractivity contribution in [2.75, 3.05) is 17.3 Å². The molecular formula is C29H23N5O9S3. The summed E-state index contributed by atoms with van der Waals surface area (Å²) in [5.41, 5.74) is 0.805. The Hall–Kier alpha value is -4.84. The highest BCUT2D eigenvalue weighted by Gasteiger charge is 2.57. The van der Waals surface area contributed by atoms with E-state index in [-0.39, 0.29) is 22.0 Å². The number of benzene rings is 3. The van der Waals surface area contributed by atoms with Crippen LogP contribution < -0.4 is 25.0 Å². The second-order valence-electron chi connectivity index (χ2n) is 10.3. The number of aromatic nitrogens is 1. The van der Waals surface area contributed by atoms with Gasteiger partial charge in [-0.05, 0) is 42.5 Å². The van der Waals surface area contributed by atoms with Crippen LogP contribution in [0, 0.1) is 16.0 Å². The van der Waals surface area contributed by atoms with Crippen LogP contribution in [0.4, 0.5) is 17.1 Å². The minimum Gasteiger partial charge on any atom is -0.496 e. The summed E-state index contributed by atoms with van der Waals surface area (Å²) in [6, 6.07) is 17.2. The number of amides is 3. The number of primary sulfonamides is 1. The Morgan fingerprint density at radius 1 is 1.02 bits per heavy atom. The number of carbonyl (C=O) groups is 3. The van der Waals surface area contributed by atoms with Gasteiger partial charge in [-0.15, -0.1) is 0 Å². The van der Waals surface area contributed by atoms with Crippen molar-refractivity contribution in [2.45, 2.75) is 27.6 Å². The number of thioether (sulfide) groups is 1. The molecular weight excluding hydrogens is 659 g/mol. The van der Waals surface area contributed by atoms with E-state index in [9.17, 15) is 37.7 Å². The van der Waals surface area contributed by atoms with Gasteiger partial charge in [0.2, 0.25) is 27.7 Å². The molecule has 3 amide bonds. The maximum atomic E-state index is 14.0. The topological polar surface area (TPSA) is 201 Å². The number of nitrogens with one attached hydrogen (secondary N) is 1. The number of hydrogen-bond acceptors (Lipinski definition) is 11. The van der Waals surface area contributed by atoms with Crippen molar-refractivity contribution >= 4 is 67.9 Å². The summed E-state index contributed by atoms with van der Waals surface area (Å²) in [7, 11) is -2.47. The van der Waals surface area contributed by atoms with Gasteiger partial charge in [-0.2, -0.15) is 0 Å². The number of methoxy groups -OCH3 is 1. The number of nitro benzene ring substituents is 1. The highest BCUT2D eigenvalue weighted by molar-refractivity contribution is 8.00.